The molecular weight excluding hydrogens is 1130 g/mol. The van der Waals surface area contributed by atoms with Crippen LogP contribution in [0.1, 0.15) is 59.2 Å². The van der Waals surface area contributed by atoms with Crippen LogP contribution >= 0.6 is 0 Å². The first-order valence-corrected chi connectivity index (χ1v) is 28.4. The fourth-order valence-corrected chi connectivity index (χ4v) is 9.75. The molecule has 2 aliphatic rings. The fraction of sp³-hybridized carbons (Fsp3) is 0.458. The molecule has 4 aromatic rings. The normalized spacial score (nSPS) is 16.4. The molecule has 0 bridgehead atoms. The maximum Gasteiger partial charge on any atom is 0.317 e. The molecule has 3 heterocycles. The van der Waals surface area contributed by atoms with E-state index in [1.54, 1.807) is 71.3 Å². The number of carbonyl (C=O) groups excluding carboxylic acids is 7. The van der Waals surface area contributed by atoms with Crippen LogP contribution in [0, 0.1) is 6.57 Å². The topological polar surface area (TPSA) is 338 Å². The van der Waals surface area contributed by atoms with Crippen molar-refractivity contribution in [2.45, 2.75) is 75.7 Å². The molecule has 28 heteroatoms. The van der Waals surface area contributed by atoms with Crippen molar-refractivity contribution in [2.24, 2.45) is 10.7 Å². The van der Waals surface area contributed by atoms with Crippen molar-refractivity contribution in [2.75, 3.05) is 104 Å². The third-order valence-electron chi connectivity index (χ3n) is 14.4. The number of para-hydroxylation sites is 1. The van der Waals surface area contributed by atoms with Crippen LogP contribution < -0.4 is 37.6 Å². The molecule has 6 rings (SSSR count). The van der Waals surface area contributed by atoms with E-state index in [1.165, 1.54) is 18.3 Å². The number of carboxylic acid groups (broad SMARTS) is 2. The van der Waals surface area contributed by atoms with E-state index in [9.17, 15) is 62.1 Å². The SMILES string of the molecule is [C-]#[N+][C@@H]1CC(F)(F)CN1C(=O)CNC(=O)c1ccnc2c(NC(=O)CCC(=O)N[C@@H](CCCN=C(N)N(C)C)C(=O)N[C@@H](Cc3ccccc3)C(=O)NCCNC(=O)Cc3ccc(CN4CCN(CC(=O)O)CCN(CC(=O)O)CC4)cc3)cccc12. The summed E-state index contributed by atoms with van der Waals surface area (Å²) in [5.41, 5.74) is 8.81. The largest absolute Gasteiger partial charge is 0.480 e. The molecule has 0 radical (unpaired) electrons. The second-order valence-corrected chi connectivity index (χ2v) is 21.4. The highest BCUT2D eigenvalue weighted by Crippen LogP contribution is 2.33. The number of nitrogens with two attached hydrogens (primary N) is 1. The Balaban J connectivity index is 1.02. The smallest absolute Gasteiger partial charge is 0.317 e. The minimum atomic E-state index is -3.23. The summed E-state index contributed by atoms with van der Waals surface area (Å²) >= 11 is 0. The maximum atomic E-state index is 14.2. The van der Waals surface area contributed by atoms with Crippen molar-refractivity contribution < 1.29 is 62.1 Å². The van der Waals surface area contributed by atoms with Gasteiger partial charge in [-0.25, -0.2) is 15.4 Å². The summed E-state index contributed by atoms with van der Waals surface area (Å²) in [6.07, 6.45) is -1.13. The molecule has 3 atom stereocenters. The number of rotatable bonds is 28. The van der Waals surface area contributed by atoms with Gasteiger partial charge in [0.2, 0.25) is 35.4 Å². The van der Waals surface area contributed by atoms with Crippen molar-refractivity contribution >= 4 is 75.8 Å². The van der Waals surface area contributed by atoms with Crippen LogP contribution in [0.2, 0.25) is 0 Å². The molecule has 7 amide bonds. The third kappa shape index (κ3) is 22.0. The van der Waals surface area contributed by atoms with E-state index in [-0.39, 0.29) is 105 Å². The number of likely N-dealkylation sites (tertiary alicyclic amines) is 1. The second-order valence-electron chi connectivity index (χ2n) is 21.4. The van der Waals surface area contributed by atoms with Gasteiger partial charge in [-0.3, -0.25) is 77.6 Å². The highest BCUT2D eigenvalue weighted by Gasteiger charge is 2.51. The highest BCUT2D eigenvalue weighted by atomic mass is 19.3. The van der Waals surface area contributed by atoms with E-state index in [0.717, 1.165) is 21.6 Å². The van der Waals surface area contributed by atoms with Gasteiger partial charge in [0.25, 0.3) is 11.8 Å². The van der Waals surface area contributed by atoms with Crippen LogP contribution in [0.25, 0.3) is 15.7 Å². The Hall–Kier alpha value is -9.20. The number of guanidine groups is 1. The average molecular weight is 1210 g/mol. The summed E-state index contributed by atoms with van der Waals surface area (Å²) in [6, 6.07) is 20.1. The Morgan fingerprint density at radius 3 is 2.02 bits per heavy atom. The number of alkyl halides is 2. The van der Waals surface area contributed by atoms with E-state index in [4.69, 9.17) is 12.3 Å². The predicted molar refractivity (Wildman–Crippen MR) is 317 cm³/mol. The summed E-state index contributed by atoms with van der Waals surface area (Å²) in [5, 5.41) is 35.3. The zero-order valence-electron chi connectivity index (χ0n) is 48.6. The summed E-state index contributed by atoms with van der Waals surface area (Å²) < 4.78 is 27.9. The summed E-state index contributed by atoms with van der Waals surface area (Å²) in [5.74, 6) is -9.33. The van der Waals surface area contributed by atoms with Gasteiger partial charge < -0.3 is 52.7 Å². The quantitative estimate of drug-likeness (QED) is 0.0164. The van der Waals surface area contributed by atoms with E-state index < -0.39 is 91.1 Å². The molecule has 466 valence electrons. The van der Waals surface area contributed by atoms with Gasteiger partial charge in [-0.05, 0) is 41.7 Å². The van der Waals surface area contributed by atoms with Gasteiger partial charge in [0.15, 0.2) is 5.96 Å². The summed E-state index contributed by atoms with van der Waals surface area (Å²) in [7, 11) is 3.42. The van der Waals surface area contributed by atoms with E-state index in [1.807, 2.05) is 24.3 Å². The number of carbonyl (C=O) groups is 9. The van der Waals surface area contributed by atoms with Crippen LogP contribution in [0.5, 0.6) is 0 Å². The number of hydrogen-bond donors (Lipinski definition) is 9. The number of benzene rings is 3. The minimum absolute atomic E-state index is 0.00773. The number of hydrogen-bond acceptors (Lipinski definition) is 14. The van der Waals surface area contributed by atoms with Gasteiger partial charge in [0.1, 0.15) is 18.5 Å². The van der Waals surface area contributed by atoms with Crippen molar-refractivity contribution in [3.8, 4) is 0 Å². The van der Waals surface area contributed by atoms with E-state index >= 15 is 0 Å². The number of aromatic nitrogens is 1. The Morgan fingerprint density at radius 1 is 0.747 bits per heavy atom. The number of nitrogens with zero attached hydrogens (tertiary/aromatic N) is 8. The molecule has 0 unspecified atom stereocenters. The van der Waals surface area contributed by atoms with Gasteiger partial charge in [-0.1, -0.05) is 66.7 Å². The molecule has 2 fully saturated rings. The number of halogens is 2. The minimum Gasteiger partial charge on any atom is -0.480 e. The second kappa shape index (κ2) is 32.9. The molecule has 1 aromatic heterocycles. The maximum absolute atomic E-state index is 14.2. The van der Waals surface area contributed by atoms with Gasteiger partial charge in [-0.2, -0.15) is 0 Å². The number of amides is 7. The first-order valence-electron chi connectivity index (χ1n) is 28.4. The lowest BCUT2D eigenvalue weighted by Gasteiger charge is -2.25. The van der Waals surface area contributed by atoms with Crippen molar-refractivity contribution in [1.82, 2.24) is 56.1 Å². The Kier molecular flexibility index (Phi) is 25.3. The standard InChI is InChI=1S/C59H75F2N15O11/c1-63-47-33-59(60,61)38-76(47)51(80)34-68-55(85)43-20-22-65-54-42(43)11-7-12-44(54)69-48(77)18-19-49(78)70-45(13-8-21-67-58(62)72(2)3)57(87)71-46(31-39-9-5-4-6-10-39)56(86)66-24-23-64-50(79)32-40-14-16-41(17-15-40)35-73-25-27-74(36-52(81)82)29-30-75(28-26-73)37-53(83)84/h4-7,9-12,14-17,20,22,45-47H,8,13,18-19,21,23-38H2,2-3H3,(H2,62,67)(H,64,79)(H,66,86)(H,68,85)(H,69,77)(H,70,78)(H,71,87)(H,81,82)(H,83,84)/t45-,46-,47-/m0/s1. The number of aliphatic imine (C=N–C) groups is 1. The first kappa shape index (κ1) is 66.9. The van der Waals surface area contributed by atoms with Gasteiger partial charge in [-0.15, -0.1) is 0 Å². The number of fused-ring (bicyclic) bond motifs is 1. The van der Waals surface area contributed by atoms with E-state index in [0.29, 0.717) is 45.8 Å². The molecular formula is C59H75F2N15O11. The van der Waals surface area contributed by atoms with Crippen LogP contribution in [0.3, 0.4) is 0 Å². The fourth-order valence-electron chi connectivity index (χ4n) is 9.75. The number of nitrogens with one attached hydrogen (secondary N) is 6. The lowest BCUT2D eigenvalue weighted by Crippen LogP contribution is -2.55. The van der Waals surface area contributed by atoms with Gasteiger partial charge in [0, 0.05) is 110 Å². The number of anilines is 1. The third-order valence-corrected chi connectivity index (χ3v) is 14.4. The number of pyridine rings is 1. The first-order chi connectivity index (χ1) is 41.6. The molecule has 3 aromatic carbocycles. The Bertz CT molecular complexity index is 3120. The zero-order chi connectivity index (χ0) is 63.0. The van der Waals surface area contributed by atoms with Crippen molar-refractivity contribution in [3.05, 3.63) is 119 Å². The van der Waals surface area contributed by atoms with Crippen LogP contribution in [0.15, 0.2) is 90.1 Å². The monoisotopic (exact) mass is 1210 g/mol. The predicted octanol–water partition coefficient (Wildman–Crippen LogP) is 0.729. The lowest BCUT2D eigenvalue weighted by atomic mass is 10.0. The molecule has 0 saturated carbocycles. The van der Waals surface area contributed by atoms with Crippen molar-refractivity contribution in [1.29, 1.82) is 0 Å². The van der Waals surface area contributed by atoms with Crippen molar-refractivity contribution in [3.63, 3.8) is 0 Å². The number of aliphatic carboxylic acids is 2. The van der Waals surface area contributed by atoms with Crippen LogP contribution in [0.4, 0.5) is 14.5 Å². The summed E-state index contributed by atoms with van der Waals surface area (Å²) in [6.45, 7) is 9.12. The van der Waals surface area contributed by atoms with E-state index in [2.05, 4.69) is 51.6 Å². The van der Waals surface area contributed by atoms with Gasteiger partial charge in [0.05, 0.1) is 49.4 Å². The van der Waals surface area contributed by atoms with Crippen LogP contribution in [-0.4, -0.2) is 222 Å². The molecule has 87 heavy (non-hydrogen) atoms. The molecule has 2 saturated heterocycles. The molecule has 26 nitrogen and oxygen atoms in total. The molecule has 0 aliphatic carbocycles. The lowest BCUT2D eigenvalue weighted by molar-refractivity contribution is -0.140. The highest BCUT2D eigenvalue weighted by molar-refractivity contribution is 6.11. The van der Waals surface area contributed by atoms with Gasteiger partial charge >= 0.3 is 18.1 Å². The Labute approximate surface area is 502 Å². The zero-order valence-corrected chi connectivity index (χ0v) is 48.6. The average Bonchev–Trinajstić information content (AvgIpc) is 3.06. The number of carboxylic acids is 2. The molecule has 2 aliphatic heterocycles. The Morgan fingerprint density at radius 2 is 1.38 bits per heavy atom. The van der Waals surface area contributed by atoms with Crippen LogP contribution in [-0.2, 0) is 57.7 Å². The summed E-state index contributed by atoms with van der Waals surface area (Å²) in [4.78, 5) is 137. The molecule has 10 N–H and O–H groups in total. The molecule has 0 spiro atoms.